The highest BCUT2D eigenvalue weighted by molar-refractivity contribution is 7.95. The molecule has 0 fully saturated rings. The molecular weight excluding hydrogens is 446 g/mol. The molecule has 0 aromatic carbocycles. The molecule has 0 aliphatic heterocycles. The average molecular weight is 459 g/mol. The first-order chi connectivity index (χ1) is 12.0. The summed E-state index contributed by atoms with van der Waals surface area (Å²) < 4.78 is 86.6. The Morgan fingerprint density at radius 2 is 1.93 bits per heavy atom. The van der Waals surface area contributed by atoms with Gasteiger partial charge >= 0.3 is 29.2 Å². The molecule has 19 heteroatoms. The number of hydrogen-bond acceptors (Lipinski definition) is 8. The summed E-state index contributed by atoms with van der Waals surface area (Å²) in [5, 5.41) is 11.6. The van der Waals surface area contributed by atoms with E-state index in [1.165, 1.54) is 0 Å². The molecule has 1 aromatic heterocycles. The molecule has 0 unspecified atom stereocenters. The third-order valence-corrected chi connectivity index (χ3v) is 7.75. The van der Waals surface area contributed by atoms with Crippen molar-refractivity contribution in [3.63, 3.8) is 0 Å². The van der Waals surface area contributed by atoms with Crippen molar-refractivity contribution in [1.82, 2.24) is 14.2 Å². The second kappa shape index (κ2) is 7.80. The van der Waals surface area contributed by atoms with E-state index >= 15 is 0 Å². The van der Waals surface area contributed by atoms with Gasteiger partial charge in [-0.3, -0.25) is 4.79 Å². The van der Waals surface area contributed by atoms with Crippen LogP contribution in [0.25, 0.3) is 0 Å². The number of nitrogens with two attached hydrogens (primary N) is 1. The standard InChI is InChI=1S/C8H13F3N5O8PS2/c9-8(10,11)27(23,24)16-6(13-4-14-16)3-26(22,15-25(19,20)21)2-1-5(12)7(17)18/h4-5H,1-3,12H2,(H,17,18)(H2,19,20,21)/t5-,26+/m0/s1. The number of carboxylic acid groups (broad SMARTS) is 1. The normalized spacial score (nSPS) is 16.5. The van der Waals surface area contributed by atoms with E-state index in [0.29, 0.717) is 6.33 Å². The SMILES string of the molecule is N[C@@H](CC[S@@](=O)(Cc1ncnn1S(=O)(=O)C(F)(F)F)=NP(=O)(O)O)C(=O)O. The smallest absolute Gasteiger partial charge is 0.480 e. The number of rotatable bonds is 8. The molecule has 0 aliphatic carbocycles. The van der Waals surface area contributed by atoms with Crippen LogP contribution in [0.5, 0.6) is 0 Å². The Balaban J connectivity index is 3.37. The van der Waals surface area contributed by atoms with E-state index in [0.717, 1.165) is 0 Å². The maximum absolute atomic E-state index is 12.7. The van der Waals surface area contributed by atoms with Gasteiger partial charge in [0.25, 0.3) is 0 Å². The number of aromatic nitrogens is 3. The minimum Gasteiger partial charge on any atom is -0.480 e. The molecule has 0 aliphatic rings. The number of nitrogens with zero attached hydrogens (tertiary/aromatic N) is 4. The molecule has 0 radical (unpaired) electrons. The third-order valence-electron chi connectivity index (χ3n) is 2.78. The predicted molar refractivity (Wildman–Crippen MR) is 81.8 cm³/mol. The van der Waals surface area contributed by atoms with E-state index in [9.17, 15) is 35.2 Å². The lowest BCUT2D eigenvalue weighted by atomic mass is 10.2. The number of carbonyl (C=O) groups is 1. The zero-order chi connectivity index (χ0) is 21.3. The van der Waals surface area contributed by atoms with Crippen molar-refractivity contribution in [1.29, 1.82) is 0 Å². The zero-order valence-electron chi connectivity index (χ0n) is 12.9. The maximum Gasteiger partial charge on any atom is 0.518 e. The second-order valence-electron chi connectivity index (χ2n) is 4.92. The molecule has 0 amide bonds. The van der Waals surface area contributed by atoms with Gasteiger partial charge in [0.05, 0.1) is 15.5 Å². The Morgan fingerprint density at radius 3 is 2.37 bits per heavy atom. The van der Waals surface area contributed by atoms with Crippen LogP contribution >= 0.6 is 7.75 Å². The Hall–Kier alpha value is -1.59. The molecule has 156 valence electrons. The first kappa shape index (κ1) is 23.4. The van der Waals surface area contributed by atoms with Gasteiger partial charge in [0.1, 0.15) is 12.4 Å². The Kier molecular flexibility index (Phi) is 6.78. The highest BCUT2D eigenvalue weighted by Crippen LogP contribution is 2.39. The molecule has 13 nitrogen and oxygen atoms in total. The summed E-state index contributed by atoms with van der Waals surface area (Å²) in [6.07, 6.45) is -0.239. The zero-order valence-corrected chi connectivity index (χ0v) is 15.5. The van der Waals surface area contributed by atoms with Crippen LogP contribution in [0.15, 0.2) is 10.5 Å². The molecule has 0 saturated carbocycles. The largest absolute Gasteiger partial charge is 0.518 e. The van der Waals surface area contributed by atoms with E-state index in [-0.39, 0.29) is 0 Å². The molecular formula is C8H13F3N5O8PS2. The molecule has 27 heavy (non-hydrogen) atoms. The van der Waals surface area contributed by atoms with Crippen LogP contribution in [0.4, 0.5) is 13.2 Å². The first-order valence-corrected chi connectivity index (χ1v) is 11.3. The molecule has 0 spiro atoms. The average Bonchev–Trinajstić information content (AvgIpc) is 2.89. The van der Waals surface area contributed by atoms with Crippen LogP contribution in [-0.4, -0.2) is 65.0 Å². The highest BCUT2D eigenvalue weighted by Gasteiger charge is 2.49. The van der Waals surface area contributed by atoms with Crippen LogP contribution < -0.4 is 5.73 Å². The lowest BCUT2D eigenvalue weighted by molar-refractivity contribution is -0.138. The van der Waals surface area contributed by atoms with Crippen LogP contribution in [0.1, 0.15) is 12.2 Å². The van der Waals surface area contributed by atoms with Crippen molar-refractivity contribution in [3.05, 3.63) is 12.2 Å². The topological polar surface area (TPSA) is 215 Å². The van der Waals surface area contributed by atoms with Crippen molar-refractivity contribution in [3.8, 4) is 0 Å². The van der Waals surface area contributed by atoms with Gasteiger partial charge in [-0.1, -0.05) is 0 Å². The Morgan fingerprint density at radius 1 is 1.37 bits per heavy atom. The molecule has 2 atom stereocenters. The van der Waals surface area contributed by atoms with Crippen molar-refractivity contribution in [2.45, 2.75) is 23.7 Å². The van der Waals surface area contributed by atoms with Gasteiger partial charge < -0.3 is 20.6 Å². The molecule has 1 heterocycles. The fraction of sp³-hybridized carbons (Fsp3) is 0.625. The van der Waals surface area contributed by atoms with Crippen molar-refractivity contribution in [2.24, 2.45) is 9.87 Å². The summed E-state index contributed by atoms with van der Waals surface area (Å²) in [5.74, 6) is -4.75. The van der Waals surface area contributed by atoms with Crippen LogP contribution in [-0.2, 0) is 34.9 Å². The monoisotopic (exact) mass is 459 g/mol. The number of hydrogen-bond donors (Lipinski definition) is 4. The quantitative estimate of drug-likeness (QED) is 0.340. The minimum absolute atomic E-state index is 0.388. The molecule has 5 N–H and O–H groups in total. The van der Waals surface area contributed by atoms with Gasteiger partial charge in [-0.15, -0.1) is 13.3 Å². The van der Waals surface area contributed by atoms with Crippen molar-refractivity contribution >= 4 is 33.5 Å². The predicted octanol–water partition coefficient (Wildman–Crippen LogP) is -1.16. The van der Waals surface area contributed by atoms with Gasteiger partial charge in [-0.05, 0) is 6.42 Å². The van der Waals surface area contributed by atoms with Gasteiger partial charge in [0.2, 0.25) is 0 Å². The lowest BCUT2D eigenvalue weighted by Gasteiger charge is -2.14. The summed E-state index contributed by atoms with van der Waals surface area (Å²) in [5.41, 5.74) is -0.611. The summed E-state index contributed by atoms with van der Waals surface area (Å²) in [4.78, 5) is 31.7. The van der Waals surface area contributed by atoms with Gasteiger partial charge in [0.15, 0.2) is 5.82 Å². The van der Waals surface area contributed by atoms with E-state index in [2.05, 4.69) is 14.2 Å². The number of carboxylic acids is 1. The van der Waals surface area contributed by atoms with Crippen molar-refractivity contribution in [2.75, 3.05) is 5.75 Å². The maximum atomic E-state index is 12.7. The van der Waals surface area contributed by atoms with E-state index in [4.69, 9.17) is 20.6 Å². The van der Waals surface area contributed by atoms with E-state index in [1.54, 1.807) is 0 Å². The number of halogens is 3. The third kappa shape index (κ3) is 6.22. The van der Waals surface area contributed by atoms with Gasteiger partial charge in [0, 0.05) is 5.75 Å². The Labute approximate surface area is 149 Å². The second-order valence-corrected chi connectivity index (χ2v) is 10.6. The minimum atomic E-state index is -6.06. The summed E-state index contributed by atoms with van der Waals surface area (Å²) in [7, 11) is -15.6. The van der Waals surface area contributed by atoms with Gasteiger partial charge in [-0.2, -0.15) is 21.6 Å². The van der Waals surface area contributed by atoms with E-state index in [1.807, 2.05) is 0 Å². The van der Waals surface area contributed by atoms with Crippen molar-refractivity contribution < 1.29 is 50.1 Å². The van der Waals surface area contributed by atoms with Crippen LogP contribution in [0, 0.1) is 0 Å². The molecule has 1 rings (SSSR count). The number of aliphatic carboxylic acids is 1. The highest BCUT2D eigenvalue weighted by atomic mass is 32.2. The number of alkyl halides is 3. The fourth-order valence-electron chi connectivity index (χ4n) is 1.62. The summed E-state index contributed by atoms with van der Waals surface area (Å²) in [6.45, 7) is 0. The molecule has 0 bridgehead atoms. The van der Waals surface area contributed by atoms with Gasteiger partial charge in [-0.25, -0.2) is 13.8 Å². The summed E-state index contributed by atoms with van der Waals surface area (Å²) in [6, 6.07) is -1.62. The fourth-order valence-corrected chi connectivity index (χ4v) is 5.93. The molecule has 0 saturated heterocycles. The summed E-state index contributed by atoms with van der Waals surface area (Å²) >= 11 is 0. The van der Waals surface area contributed by atoms with Crippen LogP contribution in [0.2, 0.25) is 0 Å². The van der Waals surface area contributed by atoms with Crippen LogP contribution in [0.3, 0.4) is 0 Å². The van der Waals surface area contributed by atoms with E-state index < -0.39 is 72.9 Å². The first-order valence-electron chi connectivity index (χ1n) is 6.47. The lowest BCUT2D eigenvalue weighted by Crippen LogP contribution is -2.34. The molecule has 1 aromatic rings. The Bertz CT molecular complexity index is 976.